The highest BCUT2D eigenvalue weighted by Crippen LogP contribution is 2.47. The summed E-state index contributed by atoms with van der Waals surface area (Å²) in [5, 5.41) is 50.3. The van der Waals surface area contributed by atoms with Gasteiger partial charge >= 0.3 is 19.8 Å². The van der Waals surface area contributed by atoms with Crippen LogP contribution in [0.2, 0.25) is 0 Å². The van der Waals surface area contributed by atoms with E-state index >= 15 is 0 Å². The molecule has 0 saturated heterocycles. The monoisotopic (exact) mass is 965 g/mol. The van der Waals surface area contributed by atoms with Crippen LogP contribution < -0.4 is 0 Å². The van der Waals surface area contributed by atoms with Crippen LogP contribution in [0, 0.1) is 0 Å². The zero-order valence-corrected chi connectivity index (χ0v) is 42.9. The Morgan fingerprint density at radius 3 is 1.00 bits per heavy atom. The van der Waals surface area contributed by atoms with Gasteiger partial charge in [-0.05, 0) is 12.8 Å². The topological polar surface area (TPSA) is 210 Å². The highest BCUT2D eigenvalue weighted by molar-refractivity contribution is 7.47. The van der Waals surface area contributed by atoms with E-state index < -0.39 is 75.7 Å². The Morgan fingerprint density at radius 2 is 0.682 bits per heavy atom. The Labute approximate surface area is 401 Å². The SMILES string of the molecule is CCCCCCCCCCCCCCCCCCCCCC(=O)OC[C@H](COP(=O)(O)OC1C(O)C(O)C(O)[C@@H](O)C1O)OC(=O)CCCCCCCCCCCCCCCCCCCC. The molecule has 1 fully saturated rings. The van der Waals surface area contributed by atoms with Crippen LogP contribution in [0.25, 0.3) is 0 Å². The van der Waals surface area contributed by atoms with Gasteiger partial charge in [0.05, 0.1) is 6.61 Å². The standard InChI is InChI=1S/C52H101O13P/c1-3-5-7-9-11-13-15-17-19-21-23-25-26-28-30-32-34-36-38-40-45(53)62-42-44(43-63-66(60,61)65-52-50(58)48(56)47(55)49(57)51(52)59)64-46(54)41-39-37-35-33-31-29-27-24-22-20-18-16-14-12-10-8-6-4-2/h44,47-52,55-59H,3-43H2,1-2H3,(H,60,61)/t44-,47?,48-,49?,50?,51?,52?/m1/s1. The second-order valence-corrected chi connectivity index (χ2v) is 20.9. The molecular formula is C52H101O13P. The van der Waals surface area contributed by atoms with Crippen LogP contribution in [-0.2, 0) is 32.7 Å². The zero-order chi connectivity index (χ0) is 48.5. The summed E-state index contributed by atoms with van der Waals surface area (Å²) in [4.78, 5) is 35.9. The number of rotatable bonds is 47. The molecule has 6 unspecified atom stereocenters. The van der Waals surface area contributed by atoms with E-state index in [1.54, 1.807) is 0 Å². The van der Waals surface area contributed by atoms with Gasteiger partial charge in [0.1, 0.15) is 43.2 Å². The number of hydrogen-bond acceptors (Lipinski definition) is 12. The predicted octanol–water partition coefficient (Wildman–Crippen LogP) is 12.0. The van der Waals surface area contributed by atoms with E-state index in [-0.39, 0.29) is 12.8 Å². The van der Waals surface area contributed by atoms with Gasteiger partial charge in [0, 0.05) is 12.8 Å². The van der Waals surface area contributed by atoms with Crippen molar-refractivity contribution in [3.05, 3.63) is 0 Å². The minimum absolute atomic E-state index is 0.106. The largest absolute Gasteiger partial charge is 0.472 e. The number of unbranched alkanes of at least 4 members (excludes halogenated alkanes) is 35. The number of phosphoric acid groups is 1. The molecule has 392 valence electrons. The smallest absolute Gasteiger partial charge is 0.462 e. The second-order valence-electron chi connectivity index (χ2n) is 19.5. The molecular weight excluding hydrogens is 864 g/mol. The van der Waals surface area contributed by atoms with Crippen molar-refractivity contribution in [2.45, 2.75) is 307 Å². The Kier molecular flexibility index (Phi) is 40.7. The Hall–Kier alpha value is -1.15. The fourth-order valence-electron chi connectivity index (χ4n) is 8.82. The summed E-state index contributed by atoms with van der Waals surface area (Å²) in [6.45, 7) is 3.36. The van der Waals surface area contributed by atoms with Gasteiger partial charge in [0.15, 0.2) is 6.10 Å². The fraction of sp³-hybridized carbons (Fsp3) is 0.962. The maximum atomic E-state index is 12.9. The fourth-order valence-corrected chi connectivity index (χ4v) is 9.79. The van der Waals surface area contributed by atoms with Crippen molar-refractivity contribution in [3.8, 4) is 0 Å². The molecule has 0 spiro atoms. The van der Waals surface area contributed by atoms with Crippen LogP contribution in [0.5, 0.6) is 0 Å². The third-order valence-corrected chi connectivity index (χ3v) is 14.2. The normalized spacial score (nSPS) is 21.2. The molecule has 13 nitrogen and oxygen atoms in total. The van der Waals surface area contributed by atoms with Gasteiger partial charge in [0.2, 0.25) is 0 Å². The number of ether oxygens (including phenoxy) is 2. The molecule has 6 N–H and O–H groups in total. The van der Waals surface area contributed by atoms with E-state index in [9.17, 15) is 44.6 Å². The first-order valence-electron chi connectivity index (χ1n) is 27.3. The number of carbonyl (C=O) groups excluding carboxylic acids is 2. The molecule has 14 heteroatoms. The molecule has 8 atom stereocenters. The van der Waals surface area contributed by atoms with Crippen LogP contribution in [-0.4, -0.2) is 98.3 Å². The summed E-state index contributed by atoms with van der Waals surface area (Å²) in [7, 11) is -5.12. The van der Waals surface area contributed by atoms with Crippen LogP contribution in [0.15, 0.2) is 0 Å². The van der Waals surface area contributed by atoms with Crippen LogP contribution >= 0.6 is 7.82 Å². The van der Waals surface area contributed by atoms with Crippen LogP contribution in [0.3, 0.4) is 0 Å². The van der Waals surface area contributed by atoms with Crippen molar-refractivity contribution in [2.24, 2.45) is 0 Å². The van der Waals surface area contributed by atoms with E-state index in [0.29, 0.717) is 12.8 Å². The number of aliphatic hydroxyl groups is 5. The highest BCUT2D eigenvalue weighted by atomic mass is 31.2. The second kappa shape index (κ2) is 42.7. The lowest BCUT2D eigenvalue weighted by Crippen LogP contribution is -2.64. The lowest BCUT2D eigenvalue weighted by Gasteiger charge is -2.41. The average molecular weight is 965 g/mol. The molecule has 0 radical (unpaired) electrons. The van der Waals surface area contributed by atoms with Crippen LogP contribution in [0.1, 0.15) is 264 Å². The third-order valence-electron chi connectivity index (χ3n) is 13.2. The van der Waals surface area contributed by atoms with Crippen molar-refractivity contribution in [3.63, 3.8) is 0 Å². The van der Waals surface area contributed by atoms with Gasteiger partial charge < -0.3 is 39.9 Å². The lowest BCUT2D eigenvalue weighted by molar-refractivity contribution is -0.220. The van der Waals surface area contributed by atoms with Gasteiger partial charge in [-0.2, -0.15) is 0 Å². The molecule has 1 rings (SSSR count). The lowest BCUT2D eigenvalue weighted by atomic mass is 9.85. The molecule has 1 aliphatic carbocycles. The predicted molar refractivity (Wildman–Crippen MR) is 263 cm³/mol. The molecule has 66 heavy (non-hydrogen) atoms. The number of hydrogen-bond donors (Lipinski definition) is 6. The Bertz CT molecular complexity index is 1160. The number of aliphatic hydroxyl groups excluding tert-OH is 5. The van der Waals surface area contributed by atoms with E-state index in [2.05, 4.69) is 13.8 Å². The Balaban J connectivity index is 2.35. The quantitative estimate of drug-likeness (QED) is 0.0191. The summed E-state index contributed by atoms with van der Waals surface area (Å²) in [5.74, 6) is -1.08. The Morgan fingerprint density at radius 1 is 0.409 bits per heavy atom. The third kappa shape index (κ3) is 34.2. The van der Waals surface area contributed by atoms with E-state index in [0.717, 1.165) is 38.5 Å². The first-order valence-corrected chi connectivity index (χ1v) is 28.8. The van der Waals surface area contributed by atoms with Gasteiger partial charge in [0.25, 0.3) is 0 Å². The highest BCUT2D eigenvalue weighted by Gasteiger charge is 2.51. The average Bonchev–Trinajstić information content (AvgIpc) is 3.30. The van der Waals surface area contributed by atoms with Gasteiger partial charge in [-0.25, -0.2) is 4.57 Å². The molecule has 0 bridgehead atoms. The van der Waals surface area contributed by atoms with Crippen LogP contribution in [0.4, 0.5) is 0 Å². The molecule has 0 aromatic carbocycles. The molecule has 0 amide bonds. The summed E-state index contributed by atoms with van der Waals surface area (Å²) in [6, 6.07) is 0. The van der Waals surface area contributed by atoms with Crippen molar-refractivity contribution >= 4 is 19.8 Å². The van der Waals surface area contributed by atoms with Crippen molar-refractivity contribution in [1.29, 1.82) is 0 Å². The van der Waals surface area contributed by atoms with Gasteiger partial charge in [-0.15, -0.1) is 0 Å². The van der Waals surface area contributed by atoms with E-state index in [1.165, 1.54) is 186 Å². The van der Waals surface area contributed by atoms with Crippen molar-refractivity contribution in [2.75, 3.05) is 13.2 Å². The van der Waals surface area contributed by atoms with Crippen molar-refractivity contribution < 1.29 is 63.1 Å². The van der Waals surface area contributed by atoms with E-state index in [1.807, 2.05) is 0 Å². The summed E-state index contributed by atoms with van der Waals surface area (Å²) in [6.07, 6.45) is 32.9. The molecule has 1 saturated carbocycles. The maximum absolute atomic E-state index is 12.9. The number of carbonyl (C=O) groups is 2. The molecule has 0 heterocycles. The number of esters is 2. The molecule has 1 aliphatic rings. The van der Waals surface area contributed by atoms with Gasteiger partial charge in [-0.1, -0.05) is 239 Å². The summed E-state index contributed by atoms with van der Waals surface area (Å²) < 4.78 is 33.7. The zero-order valence-electron chi connectivity index (χ0n) is 42.0. The van der Waals surface area contributed by atoms with Crippen molar-refractivity contribution in [1.82, 2.24) is 0 Å². The van der Waals surface area contributed by atoms with Gasteiger partial charge in [-0.3, -0.25) is 18.6 Å². The molecule has 0 aliphatic heterocycles. The maximum Gasteiger partial charge on any atom is 0.472 e. The molecule has 0 aromatic heterocycles. The summed E-state index contributed by atoms with van der Waals surface area (Å²) in [5.41, 5.74) is 0. The minimum atomic E-state index is -5.12. The summed E-state index contributed by atoms with van der Waals surface area (Å²) >= 11 is 0. The first kappa shape index (κ1) is 62.9. The first-order chi connectivity index (χ1) is 31.9. The van der Waals surface area contributed by atoms with E-state index in [4.69, 9.17) is 18.5 Å². The minimum Gasteiger partial charge on any atom is -0.462 e. The number of phosphoric ester groups is 1. The molecule has 0 aromatic rings.